The average Bonchev–Trinajstić information content (AvgIpc) is 3.40. The summed E-state index contributed by atoms with van der Waals surface area (Å²) < 4.78 is 2.78. The lowest BCUT2D eigenvalue weighted by atomic mass is 9.48. The van der Waals surface area contributed by atoms with Crippen molar-refractivity contribution in [3.05, 3.63) is 52.7 Å². The van der Waals surface area contributed by atoms with Gasteiger partial charge in [0.05, 0.1) is 16.3 Å². The highest BCUT2D eigenvalue weighted by Crippen LogP contribution is 2.61. The maximum Gasteiger partial charge on any atom is 0.266 e. The highest BCUT2D eigenvalue weighted by Gasteiger charge is 2.53. The average molecular weight is 504 g/mol. The molecule has 4 bridgehead atoms. The molecule has 0 N–H and O–H groups in total. The van der Waals surface area contributed by atoms with Gasteiger partial charge in [-0.15, -0.1) is 0 Å². The van der Waals surface area contributed by atoms with Gasteiger partial charge in [0.1, 0.15) is 4.32 Å². The molecular formula is C29H33N3OS2. The first-order chi connectivity index (χ1) is 17.1. The summed E-state index contributed by atoms with van der Waals surface area (Å²) in [6.07, 6.45) is 18.1. The molecule has 0 radical (unpaired) electrons. The highest BCUT2D eigenvalue weighted by atomic mass is 32.2. The zero-order valence-corrected chi connectivity index (χ0v) is 21.8. The fourth-order valence-electron chi connectivity index (χ4n) is 8.29. The van der Waals surface area contributed by atoms with Crippen molar-refractivity contribution in [1.82, 2.24) is 14.7 Å². The summed E-state index contributed by atoms with van der Waals surface area (Å²) in [6.45, 7) is 0. The number of nitrogens with zero attached hydrogens (tertiary/aromatic N) is 3. The van der Waals surface area contributed by atoms with Gasteiger partial charge in [0.15, 0.2) is 0 Å². The molecule has 0 atom stereocenters. The summed E-state index contributed by atoms with van der Waals surface area (Å²) in [5, 5.41) is 5.27. The lowest BCUT2D eigenvalue weighted by molar-refractivity contribution is -0.124. The van der Waals surface area contributed by atoms with Gasteiger partial charge in [-0.1, -0.05) is 61.4 Å². The van der Waals surface area contributed by atoms with Crippen molar-refractivity contribution in [2.75, 3.05) is 0 Å². The molecule has 5 aliphatic carbocycles. The second-order valence-corrected chi connectivity index (χ2v) is 13.4. The number of amides is 1. The van der Waals surface area contributed by atoms with Crippen LogP contribution in [0, 0.1) is 17.8 Å². The van der Waals surface area contributed by atoms with E-state index in [1.165, 1.54) is 75.2 Å². The fraction of sp³-hybridized carbons (Fsp3) is 0.552. The third-order valence-electron chi connectivity index (χ3n) is 9.35. The predicted molar refractivity (Wildman–Crippen MR) is 145 cm³/mol. The molecule has 1 aromatic carbocycles. The lowest BCUT2D eigenvalue weighted by Gasteiger charge is -2.56. The highest BCUT2D eigenvalue weighted by molar-refractivity contribution is 8.26. The fourth-order valence-corrected chi connectivity index (χ4v) is 9.69. The van der Waals surface area contributed by atoms with Crippen LogP contribution in [0.1, 0.15) is 81.9 Å². The number of hydrogen-bond acceptors (Lipinski definition) is 4. The monoisotopic (exact) mass is 503 g/mol. The molecule has 6 heteroatoms. The Morgan fingerprint density at radius 2 is 1.63 bits per heavy atom. The second kappa shape index (κ2) is 8.58. The molecule has 35 heavy (non-hydrogen) atoms. The zero-order chi connectivity index (χ0) is 23.6. The first-order valence-corrected chi connectivity index (χ1v) is 14.7. The van der Waals surface area contributed by atoms with E-state index in [2.05, 4.69) is 36.5 Å². The third-order valence-corrected chi connectivity index (χ3v) is 10.7. The normalized spacial score (nSPS) is 33.9. The number of thiocarbonyl (C=S) groups is 1. The molecule has 2 aromatic rings. The molecule has 1 aromatic heterocycles. The van der Waals surface area contributed by atoms with Crippen LogP contribution in [0.2, 0.25) is 0 Å². The van der Waals surface area contributed by atoms with Gasteiger partial charge < -0.3 is 0 Å². The van der Waals surface area contributed by atoms with E-state index in [9.17, 15) is 4.79 Å². The first kappa shape index (κ1) is 22.3. The first-order valence-electron chi connectivity index (χ1n) is 13.5. The van der Waals surface area contributed by atoms with Crippen LogP contribution in [0.3, 0.4) is 0 Å². The Hall–Kier alpha value is -1.92. The number of benzene rings is 1. The van der Waals surface area contributed by atoms with E-state index in [-0.39, 0.29) is 17.4 Å². The van der Waals surface area contributed by atoms with Crippen molar-refractivity contribution in [3.63, 3.8) is 0 Å². The molecule has 0 spiro atoms. The smallest absolute Gasteiger partial charge is 0.266 e. The molecule has 5 saturated carbocycles. The Balaban J connectivity index is 1.29. The van der Waals surface area contributed by atoms with Crippen LogP contribution in [0.5, 0.6) is 0 Å². The molecule has 6 fully saturated rings. The minimum Gasteiger partial charge on any atom is -0.290 e. The van der Waals surface area contributed by atoms with Crippen LogP contribution < -0.4 is 0 Å². The number of carbonyl (C=O) groups excluding carboxylic acids is 1. The number of aromatic nitrogens is 2. The maximum atomic E-state index is 13.6. The topological polar surface area (TPSA) is 38.1 Å². The Kier molecular flexibility index (Phi) is 5.47. The van der Waals surface area contributed by atoms with Crippen molar-refractivity contribution in [2.24, 2.45) is 17.8 Å². The Bertz CT molecular complexity index is 1160. The molecule has 2 heterocycles. The number of carbonyl (C=O) groups is 1. The number of hydrogen-bond donors (Lipinski definition) is 0. The van der Waals surface area contributed by atoms with Gasteiger partial charge in [-0.05, 0) is 87.3 Å². The van der Waals surface area contributed by atoms with Crippen LogP contribution in [0.15, 0.2) is 41.4 Å². The number of thioether (sulfide) groups is 1. The van der Waals surface area contributed by atoms with E-state index in [1.54, 1.807) is 0 Å². The van der Waals surface area contributed by atoms with Crippen LogP contribution >= 0.6 is 24.0 Å². The van der Waals surface area contributed by atoms with Crippen molar-refractivity contribution in [3.8, 4) is 5.69 Å². The van der Waals surface area contributed by atoms with Gasteiger partial charge in [-0.3, -0.25) is 9.69 Å². The van der Waals surface area contributed by atoms with Gasteiger partial charge in [-0.25, -0.2) is 4.68 Å². The van der Waals surface area contributed by atoms with Crippen LogP contribution in [-0.4, -0.2) is 30.9 Å². The molecule has 1 aliphatic heterocycles. The van der Waals surface area contributed by atoms with Crippen molar-refractivity contribution >= 4 is 40.3 Å². The van der Waals surface area contributed by atoms with E-state index in [1.807, 2.05) is 15.6 Å². The van der Waals surface area contributed by atoms with Crippen molar-refractivity contribution < 1.29 is 4.79 Å². The summed E-state index contributed by atoms with van der Waals surface area (Å²) >= 11 is 7.22. The van der Waals surface area contributed by atoms with E-state index < -0.39 is 0 Å². The molecule has 6 aliphatic rings. The summed E-state index contributed by atoms with van der Waals surface area (Å²) in [7, 11) is 0. The molecule has 182 valence electrons. The quantitative estimate of drug-likeness (QED) is 0.337. The summed E-state index contributed by atoms with van der Waals surface area (Å²) in [6, 6.07) is 10.7. The van der Waals surface area contributed by atoms with Crippen LogP contribution in [-0.2, 0) is 10.2 Å². The molecule has 0 unspecified atom stereocenters. The maximum absolute atomic E-state index is 13.6. The number of rotatable bonds is 4. The summed E-state index contributed by atoms with van der Waals surface area (Å²) in [5.41, 5.74) is 3.59. The van der Waals surface area contributed by atoms with Gasteiger partial charge >= 0.3 is 0 Å². The van der Waals surface area contributed by atoms with E-state index in [0.29, 0.717) is 0 Å². The molecule has 1 amide bonds. The van der Waals surface area contributed by atoms with Gasteiger partial charge in [0, 0.05) is 23.2 Å². The van der Waals surface area contributed by atoms with Crippen LogP contribution in [0.4, 0.5) is 0 Å². The van der Waals surface area contributed by atoms with E-state index >= 15 is 0 Å². The summed E-state index contributed by atoms with van der Waals surface area (Å²) in [4.78, 5) is 16.3. The zero-order valence-electron chi connectivity index (χ0n) is 20.2. The minimum absolute atomic E-state index is 0.107. The minimum atomic E-state index is 0.107. The third kappa shape index (κ3) is 3.83. The van der Waals surface area contributed by atoms with Crippen molar-refractivity contribution in [1.29, 1.82) is 0 Å². The Morgan fingerprint density at radius 1 is 0.971 bits per heavy atom. The van der Waals surface area contributed by atoms with Crippen LogP contribution in [0.25, 0.3) is 11.8 Å². The Morgan fingerprint density at radius 3 is 2.29 bits per heavy atom. The molecule has 8 rings (SSSR count). The van der Waals surface area contributed by atoms with Gasteiger partial charge in [0.25, 0.3) is 5.91 Å². The molecule has 1 saturated heterocycles. The molecular weight excluding hydrogens is 470 g/mol. The van der Waals surface area contributed by atoms with Gasteiger partial charge in [-0.2, -0.15) is 5.10 Å². The van der Waals surface area contributed by atoms with Crippen molar-refractivity contribution in [2.45, 2.75) is 82.1 Å². The van der Waals surface area contributed by atoms with Gasteiger partial charge in [0.2, 0.25) is 0 Å². The van der Waals surface area contributed by atoms with E-state index in [4.69, 9.17) is 17.3 Å². The lowest BCUT2D eigenvalue weighted by Crippen LogP contribution is -2.49. The SMILES string of the molecule is O=C1/C(=C/c2cn(-c3ccccc3)nc2C23CC4CC(CC(C4)C2)C3)SC(=S)N1C1CCCCC1. The largest absolute Gasteiger partial charge is 0.290 e. The number of para-hydroxylation sites is 1. The summed E-state index contributed by atoms with van der Waals surface area (Å²) in [5.74, 6) is 2.65. The molecule has 4 nitrogen and oxygen atoms in total. The Labute approximate surface area is 217 Å². The van der Waals surface area contributed by atoms with E-state index in [0.717, 1.165) is 51.1 Å². The predicted octanol–water partition coefficient (Wildman–Crippen LogP) is 6.87. The standard InChI is InChI=1S/C29H33N3OS2/c33-27-25(35-28(34)32(27)24-9-5-2-6-10-24)14-22-18-31(23-7-3-1-4-8-23)30-26(22)29-15-19-11-20(16-29)13-21(12-19)17-29/h1,3-4,7-8,14,18-21,24H,2,5-6,9-13,15-17H2/b25-14-. The second-order valence-electron chi connectivity index (χ2n) is 11.8.